The Bertz CT molecular complexity index is 3140. The van der Waals surface area contributed by atoms with Crippen molar-refractivity contribution in [1.82, 2.24) is 0 Å². The highest BCUT2D eigenvalue weighted by atomic mass is 16.3. The molecular weight excluding hydrogens is 737 g/mol. The van der Waals surface area contributed by atoms with Gasteiger partial charge in [0.2, 0.25) is 0 Å². The first kappa shape index (κ1) is 34.2. The summed E-state index contributed by atoms with van der Waals surface area (Å²) in [5.41, 5.74) is 10.4. The monoisotopic (exact) mass is 788 g/mol. The Morgan fingerprint density at radius 2 is 0.721 bits per heavy atom. The van der Waals surface area contributed by atoms with E-state index in [1.165, 1.54) is 140 Å². The second-order valence-corrected chi connectivity index (χ2v) is 21.2. The molecule has 0 amide bonds. The standard InChI is InChI=1S/C60H52O/c1-5-14-47-43(10-1)56(44-11-2-6-15-48(44)58(47)54-38-24-33-22-34(26-38)27-39(54)25-33)37-20-21-42-51-18-9-19-52(60(51)61-53(42)32-37)57-45-12-3-7-16-49(45)59(50-17-8-4-13-46(50)57)55-40-28-35-23-36(30-40)31-41(55)29-35/h1-21,32-36,38-41,54-55H,22-31H2. The molecule has 8 aromatic carbocycles. The van der Waals surface area contributed by atoms with E-state index in [-0.39, 0.29) is 0 Å². The number of para-hydroxylation sites is 1. The lowest BCUT2D eigenvalue weighted by Gasteiger charge is -2.55. The molecule has 0 spiro atoms. The lowest BCUT2D eigenvalue weighted by atomic mass is 9.50. The molecule has 0 unspecified atom stereocenters. The average molecular weight is 789 g/mol. The van der Waals surface area contributed by atoms with Crippen LogP contribution in [-0.4, -0.2) is 0 Å². The molecule has 61 heavy (non-hydrogen) atoms. The molecule has 0 saturated heterocycles. The highest BCUT2D eigenvalue weighted by Crippen LogP contribution is 2.63. The molecule has 8 saturated carbocycles. The van der Waals surface area contributed by atoms with Crippen LogP contribution >= 0.6 is 0 Å². The molecule has 8 bridgehead atoms. The minimum atomic E-state index is 0.658. The third kappa shape index (κ3) is 4.79. The van der Waals surface area contributed by atoms with Crippen LogP contribution in [0, 0.1) is 47.3 Å². The van der Waals surface area contributed by atoms with E-state index in [4.69, 9.17) is 4.42 Å². The SMILES string of the molecule is c1ccc2c(C3C4CC5CC(C4)CC3C5)c3ccccc3c(-c3ccc4c(c3)oc3c(-c5c6ccccc6c(C6C7CC8CC(C7)CC6C8)c6ccccc56)cccc34)c2c1. The summed E-state index contributed by atoms with van der Waals surface area (Å²) in [7, 11) is 0. The quantitative estimate of drug-likeness (QED) is 0.162. The summed E-state index contributed by atoms with van der Waals surface area (Å²) >= 11 is 0. The predicted molar refractivity (Wildman–Crippen MR) is 254 cm³/mol. The summed E-state index contributed by atoms with van der Waals surface area (Å²) in [6, 6.07) is 51.5. The van der Waals surface area contributed by atoms with Gasteiger partial charge in [-0.1, -0.05) is 121 Å². The molecule has 0 atom stereocenters. The van der Waals surface area contributed by atoms with E-state index in [0.29, 0.717) is 11.8 Å². The van der Waals surface area contributed by atoms with Crippen molar-refractivity contribution < 1.29 is 4.42 Å². The van der Waals surface area contributed by atoms with Gasteiger partial charge in [0.05, 0.1) is 0 Å². The number of furan rings is 1. The maximum Gasteiger partial charge on any atom is 0.143 e. The first-order valence-corrected chi connectivity index (χ1v) is 24.0. The summed E-state index contributed by atoms with van der Waals surface area (Å²) in [6.07, 6.45) is 14.4. The van der Waals surface area contributed by atoms with Gasteiger partial charge in [-0.15, -0.1) is 0 Å². The van der Waals surface area contributed by atoms with Crippen LogP contribution in [-0.2, 0) is 0 Å². The van der Waals surface area contributed by atoms with Crippen LogP contribution in [0.25, 0.3) is 87.3 Å². The lowest BCUT2D eigenvalue weighted by Crippen LogP contribution is -2.43. The molecule has 0 N–H and O–H groups in total. The van der Waals surface area contributed by atoms with Crippen LogP contribution in [0.3, 0.4) is 0 Å². The smallest absolute Gasteiger partial charge is 0.143 e. The molecule has 1 heterocycles. The largest absolute Gasteiger partial charge is 0.455 e. The van der Waals surface area contributed by atoms with Gasteiger partial charge in [0.25, 0.3) is 0 Å². The zero-order chi connectivity index (χ0) is 39.5. The van der Waals surface area contributed by atoms with Crippen molar-refractivity contribution in [2.24, 2.45) is 47.3 Å². The Labute approximate surface area is 358 Å². The van der Waals surface area contributed by atoms with Crippen molar-refractivity contribution in [3.8, 4) is 22.3 Å². The molecule has 0 aliphatic heterocycles. The Balaban J connectivity index is 0.923. The minimum absolute atomic E-state index is 0.658. The van der Waals surface area contributed by atoms with Gasteiger partial charge in [-0.3, -0.25) is 0 Å². The van der Waals surface area contributed by atoms with Crippen molar-refractivity contribution in [2.75, 3.05) is 0 Å². The van der Waals surface area contributed by atoms with E-state index < -0.39 is 0 Å². The van der Waals surface area contributed by atoms with Crippen molar-refractivity contribution in [3.05, 3.63) is 145 Å². The molecule has 0 radical (unpaired) electrons. The maximum absolute atomic E-state index is 7.23. The fourth-order valence-electron chi connectivity index (χ4n) is 16.6. The number of benzene rings is 8. The predicted octanol–water partition coefficient (Wildman–Crippen LogP) is 16.6. The van der Waals surface area contributed by atoms with E-state index in [9.17, 15) is 0 Å². The van der Waals surface area contributed by atoms with Gasteiger partial charge in [0.1, 0.15) is 11.2 Å². The maximum atomic E-state index is 7.23. The van der Waals surface area contributed by atoms with Gasteiger partial charge in [0.15, 0.2) is 0 Å². The molecule has 298 valence electrons. The summed E-state index contributed by atoms with van der Waals surface area (Å²) in [6.45, 7) is 0. The van der Waals surface area contributed by atoms with E-state index in [0.717, 1.165) is 58.5 Å². The van der Waals surface area contributed by atoms with Crippen LogP contribution in [0.15, 0.2) is 138 Å². The number of rotatable bonds is 4. The topological polar surface area (TPSA) is 13.1 Å². The van der Waals surface area contributed by atoms with Crippen LogP contribution in [0.5, 0.6) is 0 Å². The van der Waals surface area contributed by atoms with Gasteiger partial charge in [-0.25, -0.2) is 0 Å². The molecule has 1 aromatic heterocycles. The second kappa shape index (κ2) is 12.6. The van der Waals surface area contributed by atoms with Gasteiger partial charge in [-0.2, -0.15) is 0 Å². The van der Waals surface area contributed by atoms with Gasteiger partial charge in [-0.05, 0) is 201 Å². The highest BCUT2D eigenvalue weighted by molar-refractivity contribution is 6.21. The number of hydrogen-bond acceptors (Lipinski definition) is 1. The Kier molecular flexibility index (Phi) is 7.06. The summed E-state index contributed by atoms with van der Waals surface area (Å²) < 4.78 is 7.23. The minimum Gasteiger partial charge on any atom is -0.455 e. The molecule has 1 nitrogen and oxygen atoms in total. The number of hydrogen-bond donors (Lipinski definition) is 0. The molecule has 1 heteroatoms. The van der Waals surface area contributed by atoms with Crippen LogP contribution in [0.2, 0.25) is 0 Å². The summed E-state index contributed by atoms with van der Waals surface area (Å²) in [4.78, 5) is 0. The highest BCUT2D eigenvalue weighted by Gasteiger charge is 2.51. The van der Waals surface area contributed by atoms with Crippen molar-refractivity contribution in [3.63, 3.8) is 0 Å². The molecule has 8 aliphatic carbocycles. The van der Waals surface area contributed by atoms with E-state index in [1.54, 1.807) is 11.1 Å². The summed E-state index contributed by atoms with van der Waals surface area (Å²) in [5.74, 6) is 8.50. The van der Waals surface area contributed by atoms with Crippen LogP contribution < -0.4 is 0 Å². The van der Waals surface area contributed by atoms with Crippen LogP contribution in [0.1, 0.15) is 87.2 Å². The van der Waals surface area contributed by atoms with E-state index >= 15 is 0 Å². The van der Waals surface area contributed by atoms with E-state index in [1.807, 2.05) is 0 Å². The van der Waals surface area contributed by atoms with Gasteiger partial charge >= 0.3 is 0 Å². The van der Waals surface area contributed by atoms with Crippen molar-refractivity contribution >= 4 is 65.0 Å². The molecule has 8 aliphatic rings. The lowest BCUT2D eigenvalue weighted by molar-refractivity contribution is -0.00191. The second-order valence-electron chi connectivity index (χ2n) is 21.2. The van der Waals surface area contributed by atoms with Crippen molar-refractivity contribution in [2.45, 2.75) is 76.0 Å². The van der Waals surface area contributed by atoms with Gasteiger partial charge in [0, 0.05) is 21.9 Å². The third-order valence-electron chi connectivity index (χ3n) is 18.1. The molecule has 17 rings (SSSR count). The zero-order valence-corrected chi connectivity index (χ0v) is 35.0. The molecular formula is C60H52O. The summed E-state index contributed by atoms with van der Waals surface area (Å²) in [5, 5.41) is 13.8. The van der Waals surface area contributed by atoms with E-state index in [2.05, 4.69) is 133 Å². The van der Waals surface area contributed by atoms with Crippen LogP contribution in [0.4, 0.5) is 0 Å². The average Bonchev–Trinajstić information content (AvgIpc) is 3.66. The number of fused-ring (bicyclic) bond motifs is 7. The third-order valence-corrected chi connectivity index (χ3v) is 18.1. The fraction of sp³-hybridized carbons (Fsp3) is 0.333. The molecule has 8 fully saturated rings. The molecule has 9 aromatic rings. The first-order chi connectivity index (χ1) is 30.2. The van der Waals surface area contributed by atoms with Gasteiger partial charge < -0.3 is 4.42 Å². The Morgan fingerprint density at radius 3 is 1.16 bits per heavy atom. The zero-order valence-electron chi connectivity index (χ0n) is 35.0. The fourth-order valence-corrected chi connectivity index (χ4v) is 16.6. The Hall–Kier alpha value is -5.40. The first-order valence-electron chi connectivity index (χ1n) is 24.0. The Morgan fingerprint density at radius 1 is 0.328 bits per heavy atom. The van der Waals surface area contributed by atoms with Crippen molar-refractivity contribution in [1.29, 1.82) is 0 Å². The normalized spacial score (nSPS) is 30.0.